The molecule has 0 aliphatic carbocycles. The molecule has 0 aliphatic heterocycles. The van der Waals surface area contributed by atoms with E-state index in [0.717, 1.165) is 22.6 Å². The van der Waals surface area contributed by atoms with Crippen molar-refractivity contribution in [1.82, 2.24) is 25.1 Å². The van der Waals surface area contributed by atoms with E-state index in [1.54, 1.807) is 29.8 Å². The highest BCUT2D eigenvalue weighted by Gasteiger charge is 2.13. The second kappa shape index (κ2) is 10.9. The summed E-state index contributed by atoms with van der Waals surface area (Å²) in [5.74, 6) is 1.49. The average Bonchev–Trinajstić information content (AvgIpc) is 3.04. The quantitative estimate of drug-likeness (QED) is 0.320. The Balaban J connectivity index is 2.10. The maximum atomic E-state index is 11.6. The lowest BCUT2D eigenvalue weighted by atomic mass is 10.4. The molecule has 2 rings (SSSR count). The summed E-state index contributed by atoms with van der Waals surface area (Å²) in [6.07, 6.45) is 1.74. The summed E-state index contributed by atoms with van der Waals surface area (Å²) in [6.45, 7) is 6.71. The Kier molecular flexibility index (Phi) is 8.59. The summed E-state index contributed by atoms with van der Waals surface area (Å²) in [5.41, 5.74) is 0.745. The molecule has 2 aromatic rings. The highest BCUT2D eigenvalue weighted by atomic mass is 32.2. The molecular formula is C16H26N6O3S. The minimum absolute atomic E-state index is 0.0728. The summed E-state index contributed by atoms with van der Waals surface area (Å²) in [7, 11) is 1.66. The van der Waals surface area contributed by atoms with Crippen molar-refractivity contribution in [3.05, 3.63) is 6.20 Å². The van der Waals surface area contributed by atoms with Gasteiger partial charge in [-0.3, -0.25) is 4.79 Å². The van der Waals surface area contributed by atoms with E-state index in [9.17, 15) is 4.79 Å². The SMILES string of the molecule is CCOCC(=O)NCCn1ncc2c(NCCOC)nc(SCC)nc21. The molecule has 0 atom stereocenters. The van der Waals surface area contributed by atoms with Gasteiger partial charge in [-0.05, 0) is 12.7 Å². The minimum atomic E-state index is -0.137. The second-order valence-electron chi connectivity index (χ2n) is 5.30. The number of nitrogens with zero attached hydrogens (tertiary/aromatic N) is 4. The largest absolute Gasteiger partial charge is 0.383 e. The third kappa shape index (κ3) is 5.82. The van der Waals surface area contributed by atoms with E-state index in [0.29, 0.717) is 38.0 Å². The van der Waals surface area contributed by atoms with Gasteiger partial charge in [0.25, 0.3) is 0 Å². The van der Waals surface area contributed by atoms with Crippen molar-refractivity contribution in [3.8, 4) is 0 Å². The summed E-state index contributed by atoms with van der Waals surface area (Å²) in [5, 5.41) is 12.0. The smallest absolute Gasteiger partial charge is 0.246 e. The number of anilines is 1. The Bertz CT molecular complexity index is 709. The van der Waals surface area contributed by atoms with Gasteiger partial charge in [0.05, 0.1) is 24.7 Å². The molecule has 0 saturated carbocycles. The average molecular weight is 382 g/mol. The number of hydrogen-bond donors (Lipinski definition) is 2. The van der Waals surface area contributed by atoms with Gasteiger partial charge >= 0.3 is 0 Å². The highest BCUT2D eigenvalue weighted by Crippen LogP contribution is 2.24. The van der Waals surface area contributed by atoms with Crippen molar-refractivity contribution in [2.75, 3.05) is 51.1 Å². The number of rotatable bonds is 12. The molecule has 2 heterocycles. The second-order valence-corrected chi connectivity index (χ2v) is 6.53. The van der Waals surface area contributed by atoms with Crippen LogP contribution in [0, 0.1) is 0 Å². The predicted octanol–water partition coefficient (Wildman–Crippen LogP) is 1.15. The lowest BCUT2D eigenvalue weighted by Crippen LogP contribution is -2.30. The summed E-state index contributed by atoms with van der Waals surface area (Å²) in [6, 6.07) is 0. The highest BCUT2D eigenvalue weighted by molar-refractivity contribution is 7.99. The molecule has 1 amide bonds. The third-order valence-corrected chi connectivity index (χ3v) is 4.16. The summed E-state index contributed by atoms with van der Waals surface area (Å²) >= 11 is 1.57. The van der Waals surface area contributed by atoms with Gasteiger partial charge in [0.2, 0.25) is 5.91 Å². The fourth-order valence-corrected chi connectivity index (χ4v) is 2.81. The molecule has 0 radical (unpaired) electrons. The van der Waals surface area contributed by atoms with E-state index < -0.39 is 0 Å². The number of methoxy groups -OCH3 is 1. The molecule has 0 bridgehead atoms. The molecule has 2 N–H and O–H groups in total. The topological polar surface area (TPSA) is 103 Å². The van der Waals surface area contributed by atoms with Crippen LogP contribution in [-0.4, -0.2) is 71.4 Å². The maximum absolute atomic E-state index is 11.6. The fourth-order valence-electron chi connectivity index (χ4n) is 2.25. The molecular weight excluding hydrogens is 356 g/mol. The van der Waals surface area contributed by atoms with Crippen LogP contribution in [0.4, 0.5) is 5.82 Å². The first-order chi connectivity index (χ1) is 12.7. The number of nitrogens with one attached hydrogen (secondary N) is 2. The molecule has 9 nitrogen and oxygen atoms in total. The van der Waals surface area contributed by atoms with Crippen molar-refractivity contribution in [2.45, 2.75) is 25.5 Å². The number of carbonyl (C=O) groups excluding carboxylic acids is 1. The minimum Gasteiger partial charge on any atom is -0.383 e. The van der Waals surface area contributed by atoms with Gasteiger partial charge in [-0.2, -0.15) is 5.10 Å². The molecule has 10 heteroatoms. The van der Waals surface area contributed by atoms with Gasteiger partial charge in [0.1, 0.15) is 12.4 Å². The van der Waals surface area contributed by atoms with Gasteiger partial charge in [-0.1, -0.05) is 18.7 Å². The maximum Gasteiger partial charge on any atom is 0.246 e. The van der Waals surface area contributed by atoms with E-state index in [4.69, 9.17) is 9.47 Å². The van der Waals surface area contributed by atoms with Gasteiger partial charge in [-0.15, -0.1) is 0 Å². The fraction of sp³-hybridized carbons (Fsp3) is 0.625. The monoisotopic (exact) mass is 382 g/mol. The zero-order chi connectivity index (χ0) is 18.8. The molecule has 0 aliphatic rings. The van der Waals surface area contributed by atoms with Crippen molar-refractivity contribution in [2.24, 2.45) is 0 Å². The van der Waals surface area contributed by atoms with Crippen molar-refractivity contribution >= 4 is 34.5 Å². The lowest BCUT2D eigenvalue weighted by Gasteiger charge is -2.09. The first-order valence-electron chi connectivity index (χ1n) is 8.63. The van der Waals surface area contributed by atoms with E-state index in [2.05, 4.69) is 32.6 Å². The van der Waals surface area contributed by atoms with Crippen LogP contribution in [-0.2, 0) is 20.8 Å². The molecule has 0 unspecified atom stereocenters. The molecule has 0 aromatic carbocycles. The number of hydrogen-bond acceptors (Lipinski definition) is 8. The number of aromatic nitrogens is 4. The summed E-state index contributed by atoms with van der Waals surface area (Å²) in [4.78, 5) is 20.8. The first kappa shape index (κ1) is 20.4. The third-order valence-electron chi connectivity index (χ3n) is 3.43. The number of amides is 1. The zero-order valence-electron chi connectivity index (χ0n) is 15.4. The molecule has 26 heavy (non-hydrogen) atoms. The van der Waals surface area contributed by atoms with E-state index in [-0.39, 0.29) is 12.5 Å². The van der Waals surface area contributed by atoms with Gasteiger partial charge in [0, 0.05) is 26.8 Å². The molecule has 0 fully saturated rings. The number of thioether (sulfide) groups is 1. The van der Waals surface area contributed by atoms with E-state index in [1.165, 1.54) is 0 Å². The van der Waals surface area contributed by atoms with E-state index >= 15 is 0 Å². The number of carbonyl (C=O) groups is 1. The van der Waals surface area contributed by atoms with Crippen LogP contribution in [0.2, 0.25) is 0 Å². The Labute approximate surface area is 157 Å². The normalized spacial score (nSPS) is 11.0. The summed E-state index contributed by atoms with van der Waals surface area (Å²) < 4.78 is 11.9. The molecule has 2 aromatic heterocycles. The van der Waals surface area contributed by atoms with Crippen molar-refractivity contribution in [3.63, 3.8) is 0 Å². The van der Waals surface area contributed by atoms with Gasteiger partial charge in [-0.25, -0.2) is 14.6 Å². The van der Waals surface area contributed by atoms with Crippen LogP contribution in [0.5, 0.6) is 0 Å². The predicted molar refractivity (Wildman–Crippen MR) is 102 cm³/mol. The van der Waals surface area contributed by atoms with Gasteiger partial charge in [0.15, 0.2) is 10.8 Å². The van der Waals surface area contributed by atoms with Crippen LogP contribution < -0.4 is 10.6 Å². The number of fused-ring (bicyclic) bond motifs is 1. The molecule has 144 valence electrons. The van der Waals surface area contributed by atoms with E-state index in [1.807, 2.05) is 6.92 Å². The van der Waals surface area contributed by atoms with Gasteiger partial charge < -0.3 is 20.1 Å². The Morgan fingerprint density at radius 3 is 2.88 bits per heavy atom. The van der Waals surface area contributed by atoms with Crippen LogP contribution in [0.15, 0.2) is 11.4 Å². The molecule has 0 saturated heterocycles. The van der Waals surface area contributed by atoms with Crippen molar-refractivity contribution < 1.29 is 14.3 Å². The first-order valence-corrected chi connectivity index (χ1v) is 9.61. The molecule has 0 spiro atoms. The Hall–Kier alpha value is -1.91. The lowest BCUT2D eigenvalue weighted by molar-refractivity contribution is -0.125. The van der Waals surface area contributed by atoms with Crippen molar-refractivity contribution in [1.29, 1.82) is 0 Å². The number of ether oxygens (including phenoxy) is 2. The van der Waals surface area contributed by atoms with Crippen LogP contribution >= 0.6 is 11.8 Å². The Morgan fingerprint density at radius 1 is 1.31 bits per heavy atom. The Morgan fingerprint density at radius 2 is 2.15 bits per heavy atom. The standard InChI is InChI=1S/C16H26N6O3S/c1-4-25-11-13(23)17-6-8-22-15-12(10-19-22)14(18-7-9-24-3)20-16(21-15)26-5-2/h10H,4-9,11H2,1-3H3,(H,17,23)(H,18,20,21). The van der Waals surface area contributed by atoms with Crippen LogP contribution in [0.25, 0.3) is 11.0 Å². The van der Waals surface area contributed by atoms with Crippen LogP contribution in [0.1, 0.15) is 13.8 Å². The van der Waals surface area contributed by atoms with Crippen LogP contribution in [0.3, 0.4) is 0 Å². The zero-order valence-corrected chi connectivity index (χ0v) is 16.3.